The molecule has 1 fully saturated rings. The first-order valence-electron chi connectivity index (χ1n) is 6.14. The topological polar surface area (TPSA) is 55.8 Å². The van der Waals surface area contributed by atoms with Gasteiger partial charge in [0.1, 0.15) is 0 Å². The van der Waals surface area contributed by atoms with E-state index in [1.807, 2.05) is 18.2 Å². The molecule has 1 aromatic carbocycles. The molecular formula is C14H17NO4. The minimum absolute atomic E-state index is 0.00249. The fraction of sp³-hybridized carbons (Fsp3) is 0.429. The fourth-order valence-corrected chi connectivity index (χ4v) is 2.14. The molecule has 1 heterocycles. The largest absolute Gasteiger partial charge is 0.493 e. The summed E-state index contributed by atoms with van der Waals surface area (Å²) in [7, 11) is 3.18. The second-order valence-corrected chi connectivity index (χ2v) is 4.47. The van der Waals surface area contributed by atoms with Crippen LogP contribution >= 0.6 is 0 Å². The summed E-state index contributed by atoms with van der Waals surface area (Å²) in [6.45, 7) is 0.798. The smallest absolute Gasteiger partial charge is 0.230 e. The Balaban J connectivity index is 2.00. The molecule has 0 aromatic heterocycles. The lowest BCUT2D eigenvalue weighted by atomic mass is 10.1. The van der Waals surface area contributed by atoms with E-state index in [2.05, 4.69) is 0 Å². The van der Waals surface area contributed by atoms with Crippen molar-refractivity contribution in [1.29, 1.82) is 0 Å². The normalized spacial score (nSPS) is 14.9. The Hall–Kier alpha value is -2.04. The number of hydrogen-bond donors (Lipinski definition) is 0. The van der Waals surface area contributed by atoms with E-state index in [0.717, 1.165) is 5.56 Å². The van der Waals surface area contributed by atoms with E-state index < -0.39 is 0 Å². The van der Waals surface area contributed by atoms with Crippen molar-refractivity contribution >= 4 is 11.7 Å². The zero-order chi connectivity index (χ0) is 13.8. The number of nitrogens with zero attached hydrogens (tertiary/aromatic N) is 1. The third-order valence-electron chi connectivity index (χ3n) is 3.19. The average molecular weight is 263 g/mol. The van der Waals surface area contributed by atoms with Crippen LogP contribution < -0.4 is 9.47 Å². The number of likely N-dealkylation sites (tertiary alicyclic amines) is 1. The van der Waals surface area contributed by atoms with Gasteiger partial charge in [-0.05, 0) is 24.1 Å². The molecule has 0 atom stereocenters. The van der Waals surface area contributed by atoms with Gasteiger partial charge in [-0.3, -0.25) is 9.59 Å². The first kappa shape index (κ1) is 13.4. The highest BCUT2D eigenvalue weighted by atomic mass is 16.5. The Morgan fingerprint density at radius 2 is 1.89 bits per heavy atom. The second kappa shape index (κ2) is 5.73. The summed E-state index contributed by atoms with van der Waals surface area (Å²) in [6, 6.07) is 5.66. The van der Waals surface area contributed by atoms with E-state index in [1.54, 1.807) is 19.1 Å². The number of ketones is 1. The summed E-state index contributed by atoms with van der Waals surface area (Å²) in [6.07, 6.45) is 0.741. The third kappa shape index (κ3) is 3.05. The van der Waals surface area contributed by atoms with Gasteiger partial charge in [0.2, 0.25) is 5.91 Å². The third-order valence-corrected chi connectivity index (χ3v) is 3.19. The van der Waals surface area contributed by atoms with Gasteiger partial charge in [0.15, 0.2) is 17.3 Å². The van der Waals surface area contributed by atoms with Crippen molar-refractivity contribution < 1.29 is 19.1 Å². The predicted octanol–water partition coefficient (Wildman–Crippen LogP) is 1.05. The maximum absolute atomic E-state index is 11.5. The highest BCUT2D eigenvalue weighted by molar-refractivity contribution is 6.05. The summed E-state index contributed by atoms with van der Waals surface area (Å²) in [5.41, 5.74) is 1.05. The van der Waals surface area contributed by atoms with Crippen LogP contribution in [0, 0.1) is 0 Å². The Bertz CT molecular complexity index is 498. The molecule has 0 N–H and O–H groups in total. The summed E-state index contributed by atoms with van der Waals surface area (Å²) >= 11 is 0. The number of benzene rings is 1. The van der Waals surface area contributed by atoms with E-state index in [9.17, 15) is 9.59 Å². The van der Waals surface area contributed by atoms with E-state index in [4.69, 9.17) is 9.47 Å². The maximum Gasteiger partial charge on any atom is 0.230 e. The van der Waals surface area contributed by atoms with Gasteiger partial charge < -0.3 is 14.4 Å². The lowest BCUT2D eigenvalue weighted by molar-refractivity contribution is -0.127. The van der Waals surface area contributed by atoms with Gasteiger partial charge >= 0.3 is 0 Å². The molecule has 2 rings (SSSR count). The standard InChI is InChI=1S/C14H17NO4/c1-18-12-4-3-10(7-13(12)19-2)5-6-15-9-11(16)8-14(15)17/h3-4,7H,5-6,8-9H2,1-2H3. The van der Waals surface area contributed by atoms with Crippen molar-refractivity contribution in [2.45, 2.75) is 12.8 Å². The average Bonchev–Trinajstić information content (AvgIpc) is 2.74. The van der Waals surface area contributed by atoms with Crippen molar-refractivity contribution in [2.24, 2.45) is 0 Å². The molecule has 0 saturated carbocycles. The number of carbonyl (C=O) groups excluding carboxylic acids is 2. The molecule has 1 amide bonds. The van der Waals surface area contributed by atoms with Crippen LogP contribution in [0.5, 0.6) is 11.5 Å². The maximum atomic E-state index is 11.5. The molecule has 1 aromatic rings. The van der Waals surface area contributed by atoms with Gasteiger partial charge in [-0.2, -0.15) is 0 Å². The van der Waals surface area contributed by atoms with Crippen LogP contribution in [0.15, 0.2) is 18.2 Å². The van der Waals surface area contributed by atoms with Crippen LogP contribution in [0.1, 0.15) is 12.0 Å². The van der Waals surface area contributed by atoms with Crippen LogP contribution in [0.4, 0.5) is 0 Å². The molecule has 0 bridgehead atoms. The van der Waals surface area contributed by atoms with Gasteiger partial charge in [-0.1, -0.05) is 6.07 Å². The molecule has 5 nitrogen and oxygen atoms in total. The first-order chi connectivity index (χ1) is 9.13. The van der Waals surface area contributed by atoms with Crippen LogP contribution in [0.3, 0.4) is 0 Å². The lowest BCUT2D eigenvalue weighted by Crippen LogP contribution is -2.27. The molecule has 0 spiro atoms. The SMILES string of the molecule is COc1ccc(CCN2CC(=O)CC2=O)cc1OC. The zero-order valence-corrected chi connectivity index (χ0v) is 11.1. The summed E-state index contributed by atoms with van der Waals surface area (Å²) < 4.78 is 10.4. The van der Waals surface area contributed by atoms with Gasteiger partial charge in [0, 0.05) is 6.54 Å². The highest BCUT2D eigenvalue weighted by Gasteiger charge is 2.26. The van der Waals surface area contributed by atoms with E-state index in [0.29, 0.717) is 24.5 Å². The van der Waals surface area contributed by atoms with Gasteiger partial charge in [-0.15, -0.1) is 0 Å². The summed E-state index contributed by atoms with van der Waals surface area (Å²) in [5.74, 6) is 1.27. The van der Waals surface area contributed by atoms with Crippen molar-refractivity contribution in [2.75, 3.05) is 27.3 Å². The molecule has 1 aliphatic heterocycles. The number of carbonyl (C=O) groups is 2. The highest BCUT2D eigenvalue weighted by Crippen LogP contribution is 2.27. The number of hydrogen-bond acceptors (Lipinski definition) is 4. The number of ether oxygens (including phenoxy) is 2. The second-order valence-electron chi connectivity index (χ2n) is 4.47. The monoisotopic (exact) mass is 263 g/mol. The van der Waals surface area contributed by atoms with E-state index in [-0.39, 0.29) is 24.7 Å². The van der Waals surface area contributed by atoms with E-state index >= 15 is 0 Å². The van der Waals surface area contributed by atoms with Crippen molar-refractivity contribution in [3.63, 3.8) is 0 Å². The van der Waals surface area contributed by atoms with Gasteiger partial charge in [0.05, 0.1) is 27.2 Å². The quantitative estimate of drug-likeness (QED) is 0.745. The molecule has 102 valence electrons. The Morgan fingerprint density at radius 1 is 1.16 bits per heavy atom. The molecule has 1 aliphatic rings. The number of rotatable bonds is 5. The molecular weight excluding hydrogens is 246 g/mol. The van der Waals surface area contributed by atoms with Crippen LogP contribution in [0.25, 0.3) is 0 Å². The van der Waals surface area contributed by atoms with Crippen LogP contribution in [-0.2, 0) is 16.0 Å². The van der Waals surface area contributed by atoms with Crippen molar-refractivity contribution in [3.05, 3.63) is 23.8 Å². The number of amides is 1. The van der Waals surface area contributed by atoms with Gasteiger partial charge in [0.25, 0.3) is 0 Å². The summed E-state index contributed by atoms with van der Waals surface area (Å²) in [4.78, 5) is 24.2. The molecule has 0 unspecified atom stereocenters. The first-order valence-corrected chi connectivity index (χ1v) is 6.14. The fourth-order valence-electron chi connectivity index (χ4n) is 2.14. The summed E-state index contributed by atoms with van der Waals surface area (Å²) in [5, 5.41) is 0. The predicted molar refractivity (Wildman–Crippen MR) is 69.5 cm³/mol. The van der Waals surface area contributed by atoms with Crippen molar-refractivity contribution in [1.82, 2.24) is 4.90 Å². The van der Waals surface area contributed by atoms with Crippen LogP contribution in [0.2, 0.25) is 0 Å². The molecule has 5 heteroatoms. The lowest BCUT2D eigenvalue weighted by Gasteiger charge is -2.15. The molecule has 0 radical (unpaired) electrons. The minimum atomic E-state index is -0.0783. The zero-order valence-electron chi connectivity index (χ0n) is 11.1. The molecule has 0 aliphatic carbocycles. The Kier molecular flexibility index (Phi) is 4.04. The Morgan fingerprint density at radius 3 is 2.47 bits per heavy atom. The molecule has 19 heavy (non-hydrogen) atoms. The van der Waals surface area contributed by atoms with Crippen LogP contribution in [-0.4, -0.2) is 43.9 Å². The Labute approximate surface area is 112 Å². The number of methoxy groups -OCH3 is 2. The minimum Gasteiger partial charge on any atom is -0.493 e. The van der Waals surface area contributed by atoms with E-state index in [1.165, 1.54) is 0 Å². The number of Topliss-reactive ketones (excluding diaryl/α,β-unsaturated/α-hetero) is 1. The van der Waals surface area contributed by atoms with Crippen molar-refractivity contribution in [3.8, 4) is 11.5 Å². The molecule has 1 saturated heterocycles. The van der Waals surface area contributed by atoms with Gasteiger partial charge in [-0.25, -0.2) is 0 Å².